The highest BCUT2D eigenvalue weighted by molar-refractivity contribution is 5.81. The molecule has 2 fully saturated rings. The van der Waals surface area contributed by atoms with Crippen LogP contribution in [0.5, 0.6) is 0 Å². The second kappa shape index (κ2) is 8.07. The molecule has 142 valence electrons. The van der Waals surface area contributed by atoms with Crippen LogP contribution in [0.4, 0.5) is 0 Å². The van der Waals surface area contributed by atoms with E-state index < -0.39 is 0 Å². The Labute approximate surface area is 160 Å². The number of hydrogen-bond acceptors (Lipinski definition) is 3. The third kappa shape index (κ3) is 4.12. The molecule has 5 heteroatoms. The number of aromatic nitrogens is 1. The normalized spacial score (nSPS) is 18.7. The lowest BCUT2D eigenvalue weighted by atomic mass is 9.94. The Morgan fingerprint density at radius 3 is 2.48 bits per heavy atom. The van der Waals surface area contributed by atoms with Crippen molar-refractivity contribution in [3.63, 3.8) is 0 Å². The molecule has 2 aliphatic rings. The first-order chi connectivity index (χ1) is 13.2. The minimum atomic E-state index is -0.00177. The SMILES string of the molecule is O=C(NCc1ccc2ccccc2n1)C1CCN(C(=O)C2CCCC2)CC1. The fraction of sp³-hybridized carbons (Fsp3) is 0.500. The van der Waals surface area contributed by atoms with E-state index in [0.717, 1.165) is 42.3 Å². The number of hydrogen-bond donors (Lipinski definition) is 1. The second-order valence-electron chi connectivity index (χ2n) is 7.79. The van der Waals surface area contributed by atoms with Crippen molar-refractivity contribution in [1.29, 1.82) is 0 Å². The maximum atomic E-state index is 12.5. The number of nitrogens with one attached hydrogen (secondary N) is 1. The van der Waals surface area contributed by atoms with E-state index in [1.54, 1.807) is 0 Å². The van der Waals surface area contributed by atoms with Gasteiger partial charge >= 0.3 is 0 Å². The fourth-order valence-corrected chi connectivity index (χ4v) is 4.32. The lowest BCUT2D eigenvalue weighted by Gasteiger charge is -2.33. The summed E-state index contributed by atoms with van der Waals surface area (Å²) in [4.78, 5) is 31.6. The van der Waals surface area contributed by atoms with Gasteiger partial charge in [0.1, 0.15) is 0 Å². The highest BCUT2D eigenvalue weighted by Gasteiger charge is 2.31. The molecule has 2 aromatic rings. The van der Waals surface area contributed by atoms with Gasteiger partial charge in [-0.25, -0.2) is 0 Å². The summed E-state index contributed by atoms with van der Waals surface area (Å²) in [6.45, 7) is 1.87. The molecule has 27 heavy (non-hydrogen) atoms. The van der Waals surface area contributed by atoms with Gasteiger partial charge in [0.05, 0.1) is 17.8 Å². The van der Waals surface area contributed by atoms with Crippen molar-refractivity contribution in [3.8, 4) is 0 Å². The van der Waals surface area contributed by atoms with E-state index in [1.807, 2.05) is 41.3 Å². The van der Waals surface area contributed by atoms with Crippen LogP contribution in [0, 0.1) is 11.8 Å². The molecule has 0 unspecified atom stereocenters. The number of nitrogens with zero attached hydrogens (tertiary/aromatic N) is 2. The summed E-state index contributed by atoms with van der Waals surface area (Å²) in [5.41, 5.74) is 1.82. The Hall–Kier alpha value is -2.43. The predicted molar refractivity (Wildman–Crippen MR) is 105 cm³/mol. The second-order valence-corrected chi connectivity index (χ2v) is 7.79. The number of likely N-dealkylation sites (tertiary alicyclic amines) is 1. The number of carbonyl (C=O) groups is 2. The first kappa shape index (κ1) is 18.0. The summed E-state index contributed by atoms with van der Waals surface area (Å²) in [5.74, 6) is 0.622. The Morgan fingerprint density at radius 2 is 1.70 bits per heavy atom. The molecular formula is C22H27N3O2. The number of pyridine rings is 1. The lowest BCUT2D eigenvalue weighted by molar-refractivity contribution is -0.139. The molecular weight excluding hydrogens is 338 g/mol. The summed E-state index contributed by atoms with van der Waals surface area (Å²) in [7, 11) is 0. The van der Waals surface area contributed by atoms with Gasteiger partial charge in [-0.2, -0.15) is 0 Å². The molecule has 1 saturated heterocycles. The molecule has 5 nitrogen and oxygen atoms in total. The van der Waals surface area contributed by atoms with Crippen molar-refractivity contribution >= 4 is 22.7 Å². The summed E-state index contributed by atoms with van der Waals surface area (Å²) in [6, 6.07) is 12.0. The smallest absolute Gasteiger partial charge is 0.225 e. The molecule has 1 saturated carbocycles. The molecule has 4 rings (SSSR count). The molecule has 0 radical (unpaired) electrons. The minimum Gasteiger partial charge on any atom is -0.350 e. The van der Waals surface area contributed by atoms with Crippen LogP contribution in [0.3, 0.4) is 0 Å². The van der Waals surface area contributed by atoms with Gasteiger partial charge in [-0.3, -0.25) is 14.6 Å². The molecule has 2 amide bonds. The third-order valence-electron chi connectivity index (χ3n) is 5.98. The monoisotopic (exact) mass is 365 g/mol. The van der Waals surface area contributed by atoms with Crippen molar-refractivity contribution in [2.24, 2.45) is 11.8 Å². The van der Waals surface area contributed by atoms with Gasteiger partial charge in [-0.1, -0.05) is 37.1 Å². The zero-order valence-electron chi connectivity index (χ0n) is 15.7. The van der Waals surface area contributed by atoms with Gasteiger partial charge in [-0.05, 0) is 37.8 Å². The fourth-order valence-electron chi connectivity index (χ4n) is 4.32. The molecule has 1 aromatic carbocycles. The number of amides is 2. The van der Waals surface area contributed by atoms with E-state index in [2.05, 4.69) is 10.3 Å². The van der Waals surface area contributed by atoms with Crippen molar-refractivity contribution in [1.82, 2.24) is 15.2 Å². The van der Waals surface area contributed by atoms with Crippen molar-refractivity contribution < 1.29 is 9.59 Å². The van der Waals surface area contributed by atoms with Gasteiger partial charge < -0.3 is 10.2 Å². The van der Waals surface area contributed by atoms with E-state index in [9.17, 15) is 9.59 Å². The zero-order valence-corrected chi connectivity index (χ0v) is 15.7. The number of benzene rings is 1. The van der Waals surface area contributed by atoms with E-state index >= 15 is 0 Å². The van der Waals surface area contributed by atoms with Crippen molar-refractivity contribution in [3.05, 3.63) is 42.1 Å². The maximum Gasteiger partial charge on any atom is 0.225 e. The Balaban J connectivity index is 1.27. The number of rotatable bonds is 4. The molecule has 1 aromatic heterocycles. The molecule has 1 aliphatic carbocycles. The number of para-hydroxylation sites is 1. The first-order valence-electron chi connectivity index (χ1n) is 10.1. The molecule has 0 atom stereocenters. The van der Waals surface area contributed by atoms with E-state index in [0.29, 0.717) is 25.5 Å². The van der Waals surface area contributed by atoms with Gasteiger partial charge in [0.25, 0.3) is 0 Å². The average molecular weight is 365 g/mol. The third-order valence-corrected chi connectivity index (χ3v) is 5.98. The topological polar surface area (TPSA) is 62.3 Å². The summed E-state index contributed by atoms with van der Waals surface area (Å²) in [6.07, 6.45) is 5.96. The van der Waals surface area contributed by atoms with Crippen LogP contribution >= 0.6 is 0 Å². The largest absolute Gasteiger partial charge is 0.350 e. The molecule has 0 spiro atoms. The van der Waals surface area contributed by atoms with Gasteiger partial charge in [0.2, 0.25) is 11.8 Å². The minimum absolute atomic E-state index is 0.00177. The van der Waals surface area contributed by atoms with E-state index in [4.69, 9.17) is 0 Å². The van der Waals surface area contributed by atoms with Gasteiger partial charge in [0, 0.05) is 30.3 Å². The molecule has 2 heterocycles. The molecule has 1 N–H and O–H groups in total. The first-order valence-corrected chi connectivity index (χ1v) is 10.1. The van der Waals surface area contributed by atoms with E-state index in [1.165, 1.54) is 12.8 Å². The maximum absolute atomic E-state index is 12.5. The van der Waals surface area contributed by atoms with Crippen molar-refractivity contribution in [2.45, 2.75) is 45.1 Å². The predicted octanol–water partition coefficient (Wildman–Crippen LogP) is 3.28. The summed E-state index contributed by atoms with van der Waals surface area (Å²) in [5, 5.41) is 4.13. The molecule has 1 aliphatic heterocycles. The van der Waals surface area contributed by atoms with Gasteiger partial charge in [0.15, 0.2) is 0 Å². The molecule has 0 bridgehead atoms. The van der Waals surface area contributed by atoms with Crippen LogP contribution < -0.4 is 5.32 Å². The highest BCUT2D eigenvalue weighted by atomic mass is 16.2. The Bertz CT molecular complexity index is 821. The van der Waals surface area contributed by atoms with Crippen LogP contribution in [0.25, 0.3) is 10.9 Å². The van der Waals surface area contributed by atoms with Crippen LogP contribution in [-0.2, 0) is 16.1 Å². The summed E-state index contributed by atoms with van der Waals surface area (Å²) >= 11 is 0. The average Bonchev–Trinajstić information content (AvgIpc) is 3.26. The van der Waals surface area contributed by atoms with E-state index in [-0.39, 0.29) is 17.7 Å². The Kier molecular flexibility index (Phi) is 5.37. The Morgan fingerprint density at radius 1 is 0.963 bits per heavy atom. The number of fused-ring (bicyclic) bond motifs is 1. The van der Waals surface area contributed by atoms with Crippen molar-refractivity contribution in [2.75, 3.05) is 13.1 Å². The van der Waals surface area contributed by atoms with Crippen LogP contribution in [0.15, 0.2) is 36.4 Å². The van der Waals surface area contributed by atoms with Crippen LogP contribution in [-0.4, -0.2) is 34.8 Å². The highest BCUT2D eigenvalue weighted by Crippen LogP contribution is 2.28. The lowest BCUT2D eigenvalue weighted by Crippen LogP contribution is -2.44. The standard InChI is InChI=1S/C22H27N3O2/c26-21(23-15-19-10-9-16-5-3-4-8-20(16)24-19)17-11-13-25(14-12-17)22(27)18-6-1-2-7-18/h3-5,8-10,17-18H,1-2,6-7,11-15H2,(H,23,26). The van der Waals surface area contributed by atoms with Gasteiger partial charge in [-0.15, -0.1) is 0 Å². The number of carbonyl (C=O) groups excluding carboxylic acids is 2. The van der Waals surface area contributed by atoms with Crippen LogP contribution in [0.1, 0.15) is 44.2 Å². The zero-order chi connectivity index (χ0) is 18.6. The van der Waals surface area contributed by atoms with Crippen LogP contribution in [0.2, 0.25) is 0 Å². The number of piperidine rings is 1. The summed E-state index contributed by atoms with van der Waals surface area (Å²) < 4.78 is 0. The quantitative estimate of drug-likeness (QED) is 0.904.